The van der Waals surface area contributed by atoms with E-state index in [1.165, 1.54) is 43.4 Å². The molecular weight excluding hydrogens is 302 g/mol. The number of rotatable bonds is 1. The smallest absolute Gasteiger partial charge is 0.0711 e. The fourth-order valence-corrected chi connectivity index (χ4v) is 3.81. The van der Waals surface area contributed by atoms with Gasteiger partial charge in [-0.15, -0.1) is 0 Å². The zero-order valence-electron chi connectivity index (χ0n) is 14.0. The number of nitrogens with zero attached hydrogens (tertiary/aromatic N) is 1. The number of hydrogen-bond acceptors (Lipinski definition) is 1. The third kappa shape index (κ3) is 2.13. The van der Waals surface area contributed by atoms with Crippen molar-refractivity contribution < 1.29 is 0 Å². The highest BCUT2D eigenvalue weighted by Crippen LogP contribution is 2.36. The van der Waals surface area contributed by atoms with Gasteiger partial charge in [0.2, 0.25) is 0 Å². The van der Waals surface area contributed by atoms with Crippen LogP contribution in [0, 0.1) is 6.92 Å². The molecule has 1 heteroatoms. The maximum absolute atomic E-state index is 4.79. The number of fused-ring (bicyclic) bond motifs is 6. The molecule has 0 spiro atoms. The summed E-state index contributed by atoms with van der Waals surface area (Å²) in [6.45, 7) is 2.14. The molecule has 5 rings (SSSR count). The minimum Gasteiger partial charge on any atom is -0.256 e. The van der Waals surface area contributed by atoms with E-state index in [0.717, 1.165) is 5.69 Å². The highest BCUT2D eigenvalue weighted by Gasteiger charge is 2.10. The van der Waals surface area contributed by atoms with Crippen molar-refractivity contribution in [1.29, 1.82) is 0 Å². The van der Waals surface area contributed by atoms with E-state index in [1.807, 2.05) is 6.20 Å². The van der Waals surface area contributed by atoms with Gasteiger partial charge in [0, 0.05) is 17.1 Å². The Bertz CT molecular complexity index is 1220. The zero-order valence-corrected chi connectivity index (χ0v) is 14.0. The summed E-state index contributed by atoms with van der Waals surface area (Å²) in [6.07, 6.45) is 2.03. The molecule has 0 aliphatic rings. The SMILES string of the molecule is Cc1ccccc1-c1cc2c3ccccc3c3ccccc3c2cn1. The highest BCUT2D eigenvalue weighted by molar-refractivity contribution is 6.25. The van der Waals surface area contributed by atoms with Gasteiger partial charge in [-0.2, -0.15) is 0 Å². The molecule has 0 N–H and O–H groups in total. The molecular formula is C24H17N. The van der Waals surface area contributed by atoms with Crippen molar-refractivity contribution in [3.8, 4) is 11.3 Å². The summed E-state index contributed by atoms with van der Waals surface area (Å²) < 4.78 is 0. The number of benzene rings is 4. The lowest BCUT2D eigenvalue weighted by atomic mass is 9.94. The van der Waals surface area contributed by atoms with E-state index < -0.39 is 0 Å². The largest absolute Gasteiger partial charge is 0.256 e. The molecule has 4 aromatic carbocycles. The second kappa shape index (κ2) is 5.42. The topological polar surface area (TPSA) is 12.9 Å². The molecule has 0 bridgehead atoms. The van der Waals surface area contributed by atoms with Crippen molar-refractivity contribution in [2.75, 3.05) is 0 Å². The van der Waals surface area contributed by atoms with Crippen LogP contribution in [0.1, 0.15) is 5.56 Å². The Morgan fingerprint density at radius 2 is 1.08 bits per heavy atom. The summed E-state index contributed by atoms with van der Waals surface area (Å²) in [5, 5.41) is 7.62. The Morgan fingerprint density at radius 3 is 1.72 bits per heavy atom. The molecule has 0 saturated heterocycles. The van der Waals surface area contributed by atoms with Crippen molar-refractivity contribution >= 4 is 32.3 Å². The van der Waals surface area contributed by atoms with Crippen LogP contribution in [0.3, 0.4) is 0 Å². The van der Waals surface area contributed by atoms with Gasteiger partial charge in [0.15, 0.2) is 0 Å². The lowest BCUT2D eigenvalue weighted by Gasteiger charge is -2.12. The van der Waals surface area contributed by atoms with Gasteiger partial charge in [-0.05, 0) is 45.5 Å². The summed E-state index contributed by atoms with van der Waals surface area (Å²) in [5.74, 6) is 0. The summed E-state index contributed by atoms with van der Waals surface area (Å²) in [4.78, 5) is 4.79. The quantitative estimate of drug-likeness (QED) is 0.321. The second-order valence-corrected chi connectivity index (χ2v) is 6.52. The molecule has 0 aliphatic heterocycles. The van der Waals surface area contributed by atoms with E-state index in [-0.39, 0.29) is 0 Å². The standard InChI is InChI=1S/C24H17N/c1-16-8-2-3-9-17(16)24-14-22-20-12-6-4-10-18(20)19-11-5-7-13-21(19)23(22)15-25-24/h2-15H,1H3. The van der Waals surface area contributed by atoms with E-state index in [2.05, 4.69) is 85.8 Å². The van der Waals surface area contributed by atoms with Gasteiger partial charge in [0.1, 0.15) is 0 Å². The first-order valence-corrected chi connectivity index (χ1v) is 8.58. The summed E-state index contributed by atoms with van der Waals surface area (Å²) in [7, 11) is 0. The molecule has 25 heavy (non-hydrogen) atoms. The number of aromatic nitrogens is 1. The summed E-state index contributed by atoms with van der Waals surface area (Å²) in [5.41, 5.74) is 3.48. The molecule has 1 heterocycles. The Balaban J connectivity index is 1.96. The Morgan fingerprint density at radius 1 is 0.560 bits per heavy atom. The van der Waals surface area contributed by atoms with Crippen LogP contribution in [-0.4, -0.2) is 4.98 Å². The fraction of sp³-hybridized carbons (Fsp3) is 0.0417. The highest BCUT2D eigenvalue weighted by atomic mass is 14.7. The van der Waals surface area contributed by atoms with Crippen molar-refractivity contribution in [1.82, 2.24) is 4.98 Å². The first-order valence-electron chi connectivity index (χ1n) is 8.58. The van der Waals surface area contributed by atoms with E-state index in [1.54, 1.807) is 0 Å². The molecule has 118 valence electrons. The molecule has 5 aromatic rings. The van der Waals surface area contributed by atoms with Crippen LogP contribution in [0.2, 0.25) is 0 Å². The number of hydrogen-bond donors (Lipinski definition) is 0. The van der Waals surface area contributed by atoms with Gasteiger partial charge in [-0.25, -0.2) is 0 Å². The average molecular weight is 319 g/mol. The normalized spacial score (nSPS) is 11.4. The zero-order chi connectivity index (χ0) is 16.8. The molecule has 1 nitrogen and oxygen atoms in total. The van der Waals surface area contributed by atoms with Crippen LogP contribution >= 0.6 is 0 Å². The number of aryl methyl sites for hydroxylation is 1. The molecule has 0 radical (unpaired) electrons. The molecule has 0 fully saturated rings. The van der Waals surface area contributed by atoms with Gasteiger partial charge in [0.05, 0.1) is 5.69 Å². The van der Waals surface area contributed by atoms with Gasteiger partial charge in [0.25, 0.3) is 0 Å². The predicted molar refractivity (Wildman–Crippen MR) is 107 cm³/mol. The van der Waals surface area contributed by atoms with Crippen molar-refractivity contribution in [2.45, 2.75) is 6.92 Å². The lowest BCUT2D eigenvalue weighted by Crippen LogP contribution is -1.89. The Kier molecular flexibility index (Phi) is 3.07. The third-order valence-corrected chi connectivity index (χ3v) is 5.05. The molecule has 0 aliphatic carbocycles. The summed E-state index contributed by atoms with van der Waals surface area (Å²) in [6, 6.07) is 27.9. The van der Waals surface area contributed by atoms with E-state index in [0.29, 0.717) is 0 Å². The second-order valence-electron chi connectivity index (χ2n) is 6.52. The Labute approximate surface area is 146 Å². The van der Waals surface area contributed by atoms with Crippen LogP contribution in [0.5, 0.6) is 0 Å². The maximum atomic E-state index is 4.79. The minimum absolute atomic E-state index is 1.03. The van der Waals surface area contributed by atoms with Crippen LogP contribution < -0.4 is 0 Å². The third-order valence-electron chi connectivity index (χ3n) is 5.05. The Hall–Kier alpha value is -3.19. The van der Waals surface area contributed by atoms with Crippen LogP contribution in [-0.2, 0) is 0 Å². The van der Waals surface area contributed by atoms with Gasteiger partial charge in [-0.1, -0.05) is 72.8 Å². The van der Waals surface area contributed by atoms with E-state index in [9.17, 15) is 0 Å². The molecule has 0 atom stereocenters. The van der Waals surface area contributed by atoms with Gasteiger partial charge in [-0.3, -0.25) is 4.98 Å². The predicted octanol–water partition coefficient (Wildman–Crippen LogP) is 6.52. The van der Waals surface area contributed by atoms with E-state index >= 15 is 0 Å². The first kappa shape index (κ1) is 14.2. The lowest BCUT2D eigenvalue weighted by molar-refractivity contribution is 1.33. The van der Waals surface area contributed by atoms with Crippen molar-refractivity contribution in [3.05, 3.63) is 90.6 Å². The van der Waals surface area contributed by atoms with Crippen LogP contribution in [0.4, 0.5) is 0 Å². The van der Waals surface area contributed by atoms with Gasteiger partial charge < -0.3 is 0 Å². The molecule has 1 aromatic heterocycles. The monoisotopic (exact) mass is 319 g/mol. The van der Waals surface area contributed by atoms with Crippen molar-refractivity contribution in [2.24, 2.45) is 0 Å². The van der Waals surface area contributed by atoms with Crippen LogP contribution in [0.25, 0.3) is 43.6 Å². The average Bonchev–Trinajstić information content (AvgIpc) is 2.68. The van der Waals surface area contributed by atoms with Crippen LogP contribution in [0.15, 0.2) is 85.1 Å². The molecule has 0 unspecified atom stereocenters. The van der Waals surface area contributed by atoms with E-state index in [4.69, 9.17) is 4.98 Å². The maximum Gasteiger partial charge on any atom is 0.0711 e. The van der Waals surface area contributed by atoms with Gasteiger partial charge >= 0.3 is 0 Å². The number of pyridine rings is 1. The van der Waals surface area contributed by atoms with Crippen molar-refractivity contribution in [3.63, 3.8) is 0 Å². The first-order chi connectivity index (χ1) is 12.3. The minimum atomic E-state index is 1.03. The molecule has 0 saturated carbocycles. The molecule has 0 amide bonds. The fourth-order valence-electron chi connectivity index (χ4n) is 3.81. The summed E-state index contributed by atoms with van der Waals surface area (Å²) >= 11 is 0.